The highest BCUT2D eigenvalue weighted by atomic mass is 35.5. The van der Waals surface area contributed by atoms with Crippen LogP contribution in [-0.2, 0) is 0 Å². The maximum atomic E-state index is 13.6. The van der Waals surface area contributed by atoms with Gasteiger partial charge in [-0.3, -0.25) is 0 Å². The minimum atomic E-state index is -0.436. The summed E-state index contributed by atoms with van der Waals surface area (Å²) in [4.78, 5) is 0. The van der Waals surface area contributed by atoms with Crippen LogP contribution in [0.3, 0.4) is 0 Å². The Morgan fingerprint density at radius 3 is 2.55 bits per heavy atom. The van der Waals surface area contributed by atoms with Crippen LogP contribution < -0.4 is 10.1 Å². The predicted molar refractivity (Wildman–Crippen MR) is 110 cm³/mol. The number of hydrogen-bond acceptors (Lipinski definition) is 5. The Labute approximate surface area is 172 Å². The zero-order valence-corrected chi connectivity index (χ0v) is 16.2. The molecule has 3 aromatic carbocycles. The first-order chi connectivity index (χ1) is 14.1. The molecule has 0 radical (unpaired) electrons. The standard InChI is InChI=1S/C22H17ClFN3O2/c1-28-19-7-3-6-18(13-19)25-20(14-8-10-16(23)11-9-14)22-27-26-21(29-22)15-4-2-5-17(24)12-15/h2-13,20,25H,1H3. The molecule has 1 aromatic heterocycles. The van der Waals surface area contributed by atoms with Crippen molar-refractivity contribution in [3.05, 3.63) is 95.1 Å². The van der Waals surface area contributed by atoms with Crippen molar-refractivity contribution in [1.82, 2.24) is 10.2 Å². The Morgan fingerprint density at radius 2 is 1.79 bits per heavy atom. The van der Waals surface area contributed by atoms with Gasteiger partial charge in [-0.15, -0.1) is 10.2 Å². The van der Waals surface area contributed by atoms with Gasteiger partial charge in [-0.05, 0) is 48.0 Å². The largest absolute Gasteiger partial charge is 0.497 e. The second kappa shape index (κ2) is 8.32. The number of ether oxygens (including phenoxy) is 1. The van der Waals surface area contributed by atoms with E-state index in [1.165, 1.54) is 12.1 Å². The number of benzene rings is 3. The van der Waals surface area contributed by atoms with Gasteiger partial charge in [-0.2, -0.15) is 0 Å². The molecule has 29 heavy (non-hydrogen) atoms. The number of methoxy groups -OCH3 is 1. The average molecular weight is 410 g/mol. The number of nitrogens with one attached hydrogen (secondary N) is 1. The van der Waals surface area contributed by atoms with E-state index in [0.29, 0.717) is 16.5 Å². The molecule has 0 saturated carbocycles. The van der Waals surface area contributed by atoms with Crippen LogP contribution in [0.25, 0.3) is 11.5 Å². The van der Waals surface area contributed by atoms with Crippen LogP contribution in [0.2, 0.25) is 5.02 Å². The fourth-order valence-corrected chi connectivity index (χ4v) is 3.04. The molecule has 1 atom stereocenters. The smallest absolute Gasteiger partial charge is 0.247 e. The van der Waals surface area contributed by atoms with E-state index < -0.39 is 6.04 Å². The van der Waals surface area contributed by atoms with Crippen LogP contribution in [0.4, 0.5) is 10.1 Å². The number of aromatic nitrogens is 2. The first-order valence-electron chi connectivity index (χ1n) is 8.88. The summed E-state index contributed by atoms with van der Waals surface area (Å²) >= 11 is 6.04. The van der Waals surface area contributed by atoms with E-state index in [4.69, 9.17) is 20.8 Å². The molecule has 0 aliphatic rings. The Balaban J connectivity index is 1.71. The normalized spacial score (nSPS) is 11.8. The van der Waals surface area contributed by atoms with Crippen molar-refractivity contribution in [3.8, 4) is 17.2 Å². The Bertz CT molecular complexity index is 1120. The topological polar surface area (TPSA) is 60.2 Å². The van der Waals surface area contributed by atoms with Crippen molar-refractivity contribution in [2.24, 2.45) is 0 Å². The van der Waals surface area contributed by atoms with Crippen molar-refractivity contribution in [1.29, 1.82) is 0 Å². The fourth-order valence-electron chi connectivity index (χ4n) is 2.91. The monoisotopic (exact) mass is 409 g/mol. The molecule has 4 aromatic rings. The lowest BCUT2D eigenvalue weighted by Crippen LogP contribution is -2.13. The second-order valence-electron chi connectivity index (χ2n) is 6.32. The summed E-state index contributed by atoms with van der Waals surface area (Å²) in [5.41, 5.74) is 2.21. The van der Waals surface area contributed by atoms with Crippen molar-refractivity contribution in [2.45, 2.75) is 6.04 Å². The third-order valence-electron chi connectivity index (χ3n) is 4.34. The van der Waals surface area contributed by atoms with Gasteiger partial charge >= 0.3 is 0 Å². The number of rotatable bonds is 6. The van der Waals surface area contributed by atoms with E-state index in [0.717, 1.165) is 17.0 Å². The Kier molecular flexibility index (Phi) is 5.44. The number of anilines is 1. The van der Waals surface area contributed by atoms with E-state index in [-0.39, 0.29) is 11.7 Å². The van der Waals surface area contributed by atoms with Gasteiger partial charge in [-0.25, -0.2) is 4.39 Å². The summed E-state index contributed by atoms with van der Waals surface area (Å²) in [5, 5.41) is 12.3. The summed E-state index contributed by atoms with van der Waals surface area (Å²) in [6.45, 7) is 0. The Hall–Kier alpha value is -3.38. The van der Waals surface area contributed by atoms with E-state index in [1.807, 2.05) is 36.4 Å². The highest BCUT2D eigenvalue weighted by Gasteiger charge is 2.22. The summed E-state index contributed by atoms with van der Waals surface area (Å²) < 4.78 is 24.7. The maximum Gasteiger partial charge on any atom is 0.247 e. The highest BCUT2D eigenvalue weighted by molar-refractivity contribution is 6.30. The van der Waals surface area contributed by atoms with Crippen molar-refractivity contribution in [2.75, 3.05) is 12.4 Å². The number of nitrogens with zero attached hydrogens (tertiary/aromatic N) is 2. The zero-order valence-electron chi connectivity index (χ0n) is 15.5. The molecule has 0 aliphatic carbocycles. The molecule has 0 fully saturated rings. The van der Waals surface area contributed by atoms with E-state index in [9.17, 15) is 4.39 Å². The molecule has 0 saturated heterocycles. The van der Waals surface area contributed by atoms with Gasteiger partial charge in [0.2, 0.25) is 11.8 Å². The van der Waals surface area contributed by atoms with Gasteiger partial charge in [0, 0.05) is 22.3 Å². The molecule has 0 spiro atoms. The highest BCUT2D eigenvalue weighted by Crippen LogP contribution is 2.30. The molecule has 5 nitrogen and oxygen atoms in total. The molecular formula is C22H17ClFN3O2. The summed E-state index contributed by atoms with van der Waals surface area (Å²) in [6.07, 6.45) is 0. The second-order valence-corrected chi connectivity index (χ2v) is 6.75. The molecule has 0 aliphatic heterocycles. The number of hydrogen-bond donors (Lipinski definition) is 1. The summed E-state index contributed by atoms with van der Waals surface area (Å²) in [5.74, 6) is 0.933. The lowest BCUT2D eigenvalue weighted by molar-refractivity contribution is 0.415. The first-order valence-corrected chi connectivity index (χ1v) is 9.25. The lowest BCUT2D eigenvalue weighted by Gasteiger charge is -2.17. The van der Waals surface area contributed by atoms with E-state index >= 15 is 0 Å². The van der Waals surface area contributed by atoms with Crippen LogP contribution in [-0.4, -0.2) is 17.3 Å². The van der Waals surface area contributed by atoms with E-state index in [2.05, 4.69) is 15.5 Å². The van der Waals surface area contributed by atoms with Gasteiger partial charge in [0.1, 0.15) is 17.6 Å². The van der Waals surface area contributed by atoms with Gasteiger partial charge in [0.25, 0.3) is 0 Å². The molecule has 4 rings (SSSR count). The third kappa shape index (κ3) is 4.38. The fraction of sp³-hybridized carbons (Fsp3) is 0.0909. The molecule has 1 N–H and O–H groups in total. The van der Waals surface area contributed by atoms with Crippen LogP contribution >= 0.6 is 11.6 Å². The molecule has 0 bridgehead atoms. The lowest BCUT2D eigenvalue weighted by atomic mass is 10.1. The van der Waals surface area contributed by atoms with Gasteiger partial charge in [0.05, 0.1) is 7.11 Å². The van der Waals surface area contributed by atoms with E-state index in [1.54, 1.807) is 31.4 Å². The molecule has 146 valence electrons. The van der Waals surface area contributed by atoms with Crippen molar-refractivity contribution < 1.29 is 13.5 Å². The minimum Gasteiger partial charge on any atom is -0.497 e. The Morgan fingerprint density at radius 1 is 1.00 bits per heavy atom. The summed E-state index contributed by atoms with van der Waals surface area (Å²) in [7, 11) is 1.61. The molecule has 1 heterocycles. The van der Waals surface area contributed by atoms with Crippen molar-refractivity contribution >= 4 is 17.3 Å². The molecular weight excluding hydrogens is 393 g/mol. The van der Waals surface area contributed by atoms with Gasteiger partial charge in [-0.1, -0.05) is 35.9 Å². The predicted octanol–water partition coefficient (Wildman–Crippen LogP) is 5.74. The van der Waals surface area contributed by atoms with Crippen LogP contribution in [0, 0.1) is 5.82 Å². The molecule has 1 unspecified atom stereocenters. The van der Waals surface area contributed by atoms with Gasteiger partial charge < -0.3 is 14.5 Å². The van der Waals surface area contributed by atoms with Crippen LogP contribution in [0.1, 0.15) is 17.5 Å². The first kappa shape index (κ1) is 19.0. The van der Waals surface area contributed by atoms with Crippen LogP contribution in [0.15, 0.2) is 77.2 Å². The molecule has 0 amide bonds. The quantitative estimate of drug-likeness (QED) is 0.440. The maximum absolute atomic E-state index is 13.6. The average Bonchev–Trinajstić information content (AvgIpc) is 3.23. The van der Waals surface area contributed by atoms with Crippen molar-refractivity contribution in [3.63, 3.8) is 0 Å². The minimum absolute atomic E-state index is 0.242. The third-order valence-corrected chi connectivity index (χ3v) is 4.60. The SMILES string of the molecule is COc1cccc(NC(c2ccc(Cl)cc2)c2nnc(-c3cccc(F)c3)o2)c1. The molecule has 7 heteroatoms. The van der Waals surface area contributed by atoms with Crippen LogP contribution in [0.5, 0.6) is 5.75 Å². The number of halogens is 2. The zero-order chi connectivity index (χ0) is 20.2. The summed E-state index contributed by atoms with van der Waals surface area (Å²) in [6, 6.07) is 20.5. The van der Waals surface area contributed by atoms with Gasteiger partial charge in [0.15, 0.2) is 0 Å².